The van der Waals surface area contributed by atoms with Gasteiger partial charge in [-0.1, -0.05) is 11.8 Å². The molecule has 0 aliphatic carbocycles. The lowest BCUT2D eigenvalue weighted by molar-refractivity contribution is -0.136. The van der Waals surface area contributed by atoms with Crippen molar-refractivity contribution in [1.82, 2.24) is 4.98 Å². The lowest BCUT2D eigenvalue weighted by Crippen LogP contribution is -2.07. The third-order valence-corrected chi connectivity index (χ3v) is 4.01. The molecule has 0 aromatic carbocycles. The molecule has 0 amide bonds. The molecular formula is C9H13NO3S2. The number of carboxylic acid groups (broad SMARTS) is 1. The minimum atomic E-state index is -0.845. The van der Waals surface area contributed by atoms with Crippen LogP contribution in [0.5, 0.6) is 0 Å². The van der Waals surface area contributed by atoms with Crippen LogP contribution in [0, 0.1) is 0 Å². The van der Waals surface area contributed by atoms with Crippen LogP contribution in [0.25, 0.3) is 0 Å². The van der Waals surface area contributed by atoms with Crippen LogP contribution in [0.4, 0.5) is 0 Å². The topological polar surface area (TPSA) is 59.4 Å². The SMILES string of the molecule is COC(C)CSc1nc(CC(=O)O)cs1. The maximum atomic E-state index is 10.4. The molecule has 15 heavy (non-hydrogen) atoms. The number of hydrogen-bond donors (Lipinski definition) is 1. The van der Waals surface area contributed by atoms with Crippen molar-refractivity contribution in [1.29, 1.82) is 0 Å². The number of ether oxygens (including phenoxy) is 1. The van der Waals surface area contributed by atoms with Gasteiger partial charge in [0.05, 0.1) is 18.2 Å². The highest BCUT2D eigenvalue weighted by Crippen LogP contribution is 2.23. The molecule has 6 heteroatoms. The zero-order valence-electron chi connectivity index (χ0n) is 8.60. The van der Waals surface area contributed by atoms with Crippen molar-refractivity contribution in [2.75, 3.05) is 12.9 Å². The first-order valence-electron chi connectivity index (χ1n) is 4.43. The number of nitrogens with zero attached hydrogens (tertiary/aromatic N) is 1. The quantitative estimate of drug-likeness (QED) is 0.778. The highest BCUT2D eigenvalue weighted by Gasteiger charge is 2.08. The van der Waals surface area contributed by atoms with Crippen molar-refractivity contribution in [3.63, 3.8) is 0 Å². The van der Waals surface area contributed by atoms with Gasteiger partial charge in [0, 0.05) is 18.2 Å². The minimum absolute atomic E-state index is 0.00308. The highest BCUT2D eigenvalue weighted by atomic mass is 32.2. The Morgan fingerprint density at radius 1 is 1.80 bits per heavy atom. The molecule has 1 atom stereocenters. The summed E-state index contributed by atoms with van der Waals surface area (Å²) in [6.45, 7) is 1.98. The zero-order chi connectivity index (χ0) is 11.3. The Balaban J connectivity index is 2.42. The summed E-state index contributed by atoms with van der Waals surface area (Å²) in [5, 5.41) is 10.4. The zero-order valence-corrected chi connectivity index (χ0v) is 10.2. The van der Waals surface area contributed by atoms with E-state index in [0.29, 0.717) is 5.69 Å². The molecule has 1 aromatic heterocycles. The summed E-state index contributed by atoms with van der Waals surface area (Å²) in [5.41, 5.74) is 0.625. The van der Waals surface area contributed by atoms with Crippen molar-refractivity contribution >= 4 is 29.1 Å². The predicted octanol–water partition coefficient (Wildman–Crippen LogP) is 1.90. The summed E-state index contributed by atoms with van der Waals surface area (Å²) in [7, 11) is 1.67. The summed E-state index contributed by atoms with van der Waals surface area (Å²) in [6, 6.07) is 0. The van der Waals surface area contributed by atoms with Crippen LogP contribution in [-0.2, 0) is 16.0 Å². The normalized spacial score (nSPS) is 12.7. The molecule has 0 spiro atoms. The third kappa shape index (κ3) is 4.63. The Hall–Kier alpha value is -0.590. The molecule has 1 heterocycles. The third-order valence-electron chi connectivity index (χ3n) is 1.71. The summed E-state index contributed by atoms with van der Waals surface area (Å²) >= 11 is 3.07. The fourth-order valence-corrected chi connectivity index (χ4v) is 2.71. The van der Waals surface area contributed by atoms with Gasteiger partial charge in [-0.25, -0.2) is 4.98 Å². The number of hydrogen-bond acceptors (Lipinski definition) is 5. The average molecular weight is 247 g/mol. The van der Waals surface area contributed by atoms with Crippen molar-refractivity contribution < 1.29 is 14.6 Å². The second kappa shape index (κ2) is 6.09. The number of carboxylic acids is 1. The molecule has 1 aromatic rings. The van der Waals surface area contributed by atoms with E-state index in [1.54, 1.807) is 24.3 Å². The van der Waals surface area contributed by atoms with Gasteiger partial charge in [-0.3, -0.25) is 4.79 Å². The summed E-state index contributed by atoms with van der Waals surface area (Å²) in [5.74, 6) is -0.0154. The van der Waals surface area contributed by atoms with E-state index in [4.69, 9.17) is 9.84 Å². The van der Waals surface area contributed by atoms with E-state index in [2.05, 4.69) is 4.98 Å². The molecular weight excluding hydrogens is 234 g/mol. The number of carbonyl (C=O) groups is 1. The number of thioether (sulfide) groups is 1. The molecule has 0 saturated heterocycles. The van der Waals surface area contributed by atoms with Gasteiger partial charge in [0.1, 0.15) is 4.34 Å². The van der Waals surface area contributed by atoms with Gasteiger partial charge in [0.15, 0.2) is 0 Å². The lowest BCUT2D eigenvalue weighted by atomic mass is 10.3. The monoisotopic (exact) mass is 247 g/mol. The minimum Gasteiger partial charge on any atom is -0.481 e. The first-order chi connectivity index (χ1) is 7.11. The molecule has 84 valence electrons. The summed E-state index contributed by atoms with van der Waals surface area (Å²) in [4.78, 5) is 14.6. The summed E-state index contributed by atoms with van der Waals surface area (Å²) < 4.78 is 6.00. The van der Waals surface area contributed by atoms with Gasteiger partial charge in [-0.2, -0.15) is 0 Å². The Bertz CT molecular complexity index is 327. The number of aliphatic carboxylic acids is 1. The van der Waals surface area contributed by atoms with Crippen LogP contribution in [0.15, 0.2) is 9.72 Å². The molecule has 0 radical (unpaired) electrons. The van der Waals surface area contributed by atoms with Gasteiger partial charge in [-0.15, -0.1) is 11.3 Å². The van der Waals surface area contributed by atoms with Gasteiger partial charge in [0.2, 0.25) is 0 Å². The molecule has 0 bridgehead atoms. The largest absolute Gasteiger partial charge is 0.481 e. The van der Waals surface area contributed by atoms with Crippen LogP contribution >= 0.6 is 23.1 Å². The van der Waals surface area contributed by atoms with Crippen LogP contribution in [0.3, 0.4) is 0 Å². The maximum Gasteiger partial charge on any atom is 0.309 e. The fraction of sp³-hybridized carbons (Fsp3) is 0.556. The van der Waals surface area contributed by atoms with E-state index in [1.807, 2.05) is 6.92 Å². The molecule has 4 nitrogen and oxygen atoms in total. The number of methoxy groups -OCH3 is 1. The number of rotatable bonds is 6. The van der Waals surface area contributed by atoms with E-state index in [9.17, 15) is 4.79 Å². The van der Waals surface area contributed by atoms with Crippen LogP contribution in [0.1, 0.15) is 12.6 Å². The molecule has 0 fully saturated rings. The van der Waals surface area contributed by atoms with Gasteiger partial charge >= 0.3 is 5.97 Å². The molecule has 0 aliphatic heterocycles. The number of aromatic nitrogens is 1. The van der Waals surface area contributed by atoms with Crippen molar-refractivity contribution in [3.05, 3.63) is 11.1 Å². The van der Waals surface area contributed by atoms with Gasteiger partial charge < -0.3 is 9.84 Å². The Labute approximate surface area is 96.7 Å². The van der Waals surface area contributed by atoms with E-state index >= 15 is 0 Å². The van der Waals surface area contributed by atoms with Crippen molar-refractivity contribution in [2.45, 2.75) is 23.8 Å². The average Bonchev–Trinajstić information content (AvgIpc) is 2.61. The Morgan fingerprint density at radius 3 is 3.13 bits per heavy atom. The van der Waals surface area contributed by atoms with Gasteiger partial charge in [0.25, 0.3) is 0 Å². The maximum absolute atomic E-state index is 10.4. The van der Waals surface area contributed by atoms with E-state index in [1.165, 1.54) is 11.3 Å². The summed E-state index contributed by atoms with van der Waals surface area (Å²) in [6.07, 6.45) is 0.179. The molecule has 1 unspecified atom stereocenters. The smallest absolute Gasteiger partial charge is 0.309 e. The highest BCUT2D eigenvalue weighted by molar-refractivity contribution is 8.01. The lowest BCUT2D eigenvalue weighted by Gasteiger charge is -2.05. The standard InChI is InChI=1S/C9H13NO3S2/c1-6(13-2)4-14-9-10-7(5-15-9)3-8(11)12/h5-6H,3-4H2,1-2H3,(H,11,12). The molecule has 0 aliphatic rings. The van der Waals surface area contributed by atoms with Crippen LogP contribution in [0.2, 0.25) is 0 Å². The molecule has 0 saturated carbocycles. The first kappa shape index (κ1) is 12.5. The first-order valence-corrected chi connectivity index (χ1v) is 6.30. The Kier molecular flexibility index (Phi) is 5.07. The van der Waals surface area contributed by atoms with E-state index < -0.39 is 5.97 Å². The number of thiazole rings is 1. The van der Waals surface area contributed by atoms with E-state index in [-0.39, 0.29) is 12.5 Å². The van der Waals surface area contributed by atoms with E-state index in [0.717, 1.165) is 10.1 Å². The van der Waals surface area contributed by atoms with Gasteiger partial charge in [-0.05, 0) is 6.92 Å². The predicted molar refractivity (Wildman–Crippen MR) is 60.6 cm³/mol. The van der Waals surface area contributed by atoms with Crippen LogP contribution in [-0.4, -0.2) is 35.0 Å². The van der Waals surface area contributed by atoms with Crippen molar-refractivity contribution in [2.24, 2.45) is 0 Å². The second-order valence-electron chi connectivity index (χ2n) is 3.03. The fourth-order valence-electron chi connectivity index (χ4n) is 0.848. The molecule has 1 N–H and O–H groups in total. The second-order valence-corrected chi connectivity index (χ2v) is 5.16. The Morgan fingerprint density at radius 2 is 2.53 bits per heavy atom. The van der Waals surface area contributed by atoms with Crippen LogP contribution < -0.4 is 0 Å². The molecule has 1 rings (SSSR count). The van der Waals surface area contributed by atoms with Crippen molar-refractivity contribution in [3.8, 4) is 0 Å².